The van der Waals surface area contributed by atoms with E-state index in [1.54, 1.807) is 17.7 Å². The molecule has 0 aromatic carbocycles. The van der Waals surface area contributed by atoms with E-state index in [1.807, 2.05) is 4.52 Å². The summed E-state index contributed by atoms with van der Waals surface area (Å²) < 4.78 is 25.0. The van der Waals surface area contributed by atoms with Gasteiger partial charge in [-0.15, -0.1) is 0 Å². The van der Waals surface area contributed by atoms with E-state index in [0.717, 1.165) is 57.6 Å². The lowest BCUT2D eigenvalue weighted by Crippen LogP contribution is -2.52. The first-order chi connectivity index (χ1) is 16.5. The van der Waals surface area contributed by atoms with E-state index in [-0.39, 0.29) is 11.8 Å². The highest BCUT2D eigenvalue weighted by molar-refractivity contribution is 7.90. The van der Waals surface area contributed by atoms with Crippen molar-refractivity contribution >= 4 is 42.3 Å². The molecule has 1 saturated heterocycles. The van der Waals surface area contributed by atoms with Crippen molar-refractivity contribution < 1.29 is 8.42 Å². The van der Waals surface area contributed by atoms with E-state index in [0.29, 0.717) is 12.5 Å². The van der Waals surface area contributed by atoms with Crippen molar-refractivity contribution in [1.82, 2.24) is 29.5 Å². The number of thiazole rings is 1. The minimum Gasteiger partial charge on any atom is -0.344 e. The average Bonchev–Trinajstić information content (AvgIpc) is 3.48. The molecule has 1 aliphatic heterocycles. The number of aromatic nitrogens is 5. The summed E-state index contributed by atoms with van der Waals surface area (Å²) in [7, 11) is -2.95. The molecule has 1 aliphatic rings. The fraction of sp³-hybridized carbons (Fsp3) is 0.542. The fourth-order valence-corrected chi connectivity index (χ4v) is 6.75. The number of aromatic amines is 1. The van der Waals surface area contributed by atoms with Crippen LogP contribution in [0, 0.1) is 13.8 Å². The van der Waals surface area contributed by atoms with E-state index in [9.17, 15) is 8.42 Å². The van der Waals surface area contributed by atoms with Crippen LogP contribution in [0.1, 0.15) is 43.4 Å². The first-order valence-electron chi connectivity index (χ1n) is 12.0. The highest BCUT2D eigenvalue weighted by atomic mass is 32.2. The van der Waals surface area contributed by atoms with Gasteiger partial charge in [0.2, 0.25) is 0 Å². The second-order valence-corrected chi connectivity index (χ2v) is 13.3. The van der Waals surface area contributed by atoms with Gasteiger partial charge in [-0.3, -0.25) is 4.90 Å². The highest BCUT2D eigenvalue weighted by Gasteiger charge is 2.29. The lowest BCUT2D eigenvalue weighted by atomic mass is 9.96. The van der Waals surface area contributed by atoms with Gasteiger partial charge in [0.25, 0.3) is 0 Å². The van der Waals surface area contributed by atoms with Gasteiger partial charge < -0.3 is 9.88 Å². The Morgan fingerprint density at radius 2 is 2.00 bits per heavy atom. The van der Waals surface area contributed by atoms with Gasteiger partial charge in [0.1, 0.15) is 26.5 Å². The number of aryl methyl sites for hydroxylation is 1. The topological polar surface area (TPSA) is 99.5 Å². The summed E-state index contributed by atoms with van der Waals surface area (Å²) >= 11 is 1.70. The molecule has 4 aromatic rings. The molecule has 0 aliphatic carbocycles. The Balaban J connectivity index is 1.47. The van der Waals surface area contributed by atoms with Crippen LogP contribution in [0.3, 0.4) is 0 Å². The molecular formula is C24H33N7O2S2. The number of pyridine rings is 1. The van der Waals surface area contributed by atoms with Crippen molar-refractivity contribution in [2.75, 3.05) is 43.1 Å². The first-order valence-corrected chi connectivity index (χ1v) is 14.9. The van der Waals surface area contributed by atoms with Gasteiger partial charge in [0.05, 0.1) is 11.4 Å². The molecule has 4 aromatic heterocycles. The summed E-state index contributed by atoms with van der Waals surface area (Å²) in [5, 5.41) is 5.40. The van der Waals surface area contributed by atoms with Crippen LogP contribution >= 0.6 is 11.3 Å². The third-order valence-electron chi connectivity index (χ3n) is 7.09. The maximum atomic E-state index is 11.6. The second-order valence-electron chi connectivity index (χ2n) is 10.0. The molecule has 0 unspecified atom stereocenters. The summed E-state index contributed by atoms with van der Waals surface area (Å²) in [6.07, 6.45) is 4.96. The average molecular weight is 516 g/mol. The quantitative estimate of drug-likeness (QED) is 0.419. The molecule has 9 nitrogen and oxygen atoms in total. The van der Waals surface area contributed by atoms with Gasteiger partial charge in [0, 0.05) is 55.8 Å². The number of rotatable bonds is 6. The van der Waals surface area contributed by atoms with Crippen LogP contribution in [0.4, 0.5) is 5.13 Å². The van der Waals surface area contributed by atoms with Crippen molar-refractivity contribution in [2.45, 2.75) is 46.6 Å². The van der Waals surface area contributed by atoms with E-state index in [4.69, 9.17) is 4.98 Å². The molecule has 0 bridgehead atoms. The van der Waals surface area contributed by atoms with Crippen molar-refractivity contribution in [1.29, 1.82) is 0 Å². The van der Waals surface area contributed by atoms with Gasteiger partial charge in [0.15, 0.2) is 10.8 Å². The summed E-state index contributed by atoms with van der Waals surface area (Å²) in [6, 6.07) is 0.264. The summed E-state index contributed by atoms with van der Waals surface area (Å²) in [6.45, 7) is 14.0. The number of H-pyrrole nitrogens is 1. The maximum absolute atomic E-state index is 11.6. The molecule has 0 radical (unpaired) electrons. The van der Waals surface area contributed by atoms with Crippen molar-refractivity contribution in [3.63, 3.8) is 0 Å². The predicted molar refractivity (Wildman–Crippen MR) is 142 cm³/mol. The third-order valence-corrected chi connectivity index (χ3v) is 9.02. The molecule has 0 amide bonds. The summed E-state index contributed by atoms with van der Waals surface area (Å²) in [4.78, 5) is 18.9. The zero-order valence-corrected chi connectivity index (χ0v) is 22.8. The number of fused-ring (bicyclic) bond motifs is 2. The molecule has 5 heterocycles. The zero-order chi connectivity index (χ0) is 25.1. The largest absolute Gasteiger partial charge is 0.344 e. The molecular weight excluding hydrogens is 482 g/mol. The lowest BCUT2D eigenvalue weighted by molar-refractivity contribution is 0.240. The van der Waals surface area contributed by atoms with Crippen LogP contribution in [-0.4, -0.2) is 82.1 Å². The smallest absolute Gasteiger partial charge is 0.188 e. The van der Waals surface area contributed by atoms with Crippen molar-refractivity contribution in [3.8, 4) is 11.3 Å². The van der Waals surface area contributed by atoms with Crippen LogP contribution in [0.15, 0.2) is 12.5 Å². The number of piperazine rings is 1. The normalized spacial score (nSPS) is 17.9. The number of nitrogens with one attached hydrogen (secondary N) is 1. The van der Waals surface area contributed by atoms with E-state index in [1.165, 1.54) is 17.4 Å². The maximum Gasteiger partial charge on any atom is 0.188 e. The lowest BCUT2D eigenvalue weighted by Gasteiger charge is -2.39. The van der Waals surface area contributed by atoms with Gasteiger partial charge in [-0.25, -0.2) is 22.9 Å². The fourth-order valence-electron chi connectivity index (χ4n) is 5.04. The Morgan fingerprint density at radius 3 is 2.69 bits per heavy atom. The predicted octanol–water partition coefficient (Wildman–Crippen LogP) is 3.63. The monoisotopic (exact) mass is 515 g/mol. The minimum atomic E-state index is -2.95. The molecule has 188 valence electrons. The van der Waals surface area contributed by atoms with Crippen LogP contribution in [0.5, 0.6) is 0 Å². The van der Waals surface area contributed by atoms with E-state index < -0.39 is 9.84 Å². The Bertz CT molecular complexity index is 1500. The van der Waals surface area contributed by atoms with Gasteiger partial charge in [-0.1, -0.05) is 25.2 Å². The standard InChI is InChI=1S/C24H33N7O2S2/c1-14(2)19-20(18-12-31-22(25-13-26-31)17(5)16(18)4)27-23-21(19)28-24(34-23)30-8-7-29(11-15(30)3)9-10-35(6,32)33/h12-15,27H,7-11H2,1-6H3/t15-/m1/s1. The number of hydrogen-bond donors (Lipinski definition) is 1. The molecule has 1 N–H and O–H groups in total. The molecule has 11 heteroatoms. The molecule has 0 saturated carbocycles. The number of nitrogens with zero attached hydrogens (tertiary/aromatic N) is 6. The third kappa shape index (κ3) is 4.45. The highest BCUT2D eigenvalue weighted by Crippen LogP contribution is 2.41. The van der Waals surface area contributed by atoms with Crippen molar-refractivity contribution in [3.05, 3.63) is 29.2 Å². The van der Waals surface area contributed by atoms with E-state index in [2.05, 4.69) is 65.7 Å². The molecule has 1 fully saturated rings. The molecule has 1 atom stereocenters. The number of hydrogen-bond acceptors (Lipinski definition) is 8. The Kier molecular flexibility index (Phi) is 6.13. The molecule has 35 heavy (non-hydrogen) atoms. The number of anilines is 1. The van der Waals surface area contributed by atoms with Gasteiger partial charge >= 0.3 is 0 Å². The van der Waals surface area contributed by atoms with Crippen LogP contribution in [-0.2, 0) is 9.84 Å². The van der Waals surface area contributed by atoms with Crippen LogP contribution in [0.2, 0.25) is 0 Å². The number of sulfone groups is 1. The Morgan fingerprint density at radius 1 is 1.23 bits per heavy atom. The molecule has 0 spiro atoms. The van der Waals surface area contributed by atoms with Gasteiger partial charge in [-0.2, -0.15) is 5.10 Å². The van der Waals surface area contributed by atoms with Gasteiger partial charge in [-0.05, 0) is 37.8 Å². The Labute approximate surface area is 210 Å². The van der Waals surface area contributed by atoms with Crippen LogP contribution in [0.25, 0.3) is 27.3 Å². The Hall–Kier alpha value is -2.50. The zero-order valence-electron chi connectivity index (χ0n) is 21.2. The summed E-state index contributed by atoms with van der Waals surface area (Å²) in [5.41, 5.74) is 7.71. The SMILES string of the molecule is Cc1c(-c2[nH]c3sc(N4CCN(CCS(C)(=O)=O)C[C@H]4C)nc3c2C(C)C)cn2ncnc2c1C. The second kappa shape index (κ2) is 8.86. The first kappa shape index (κ1) is 24.2. The van der Waals surface area contributed by atoms with Crippen LogP contribution < -0.4 is 4.90 Å². The molecule has 5 rings (SSSR count). The van der Waals surface area contributed by atoms with Crippen molar-refractivity contribution in [2.24, 2.45) is 0 Å². The summed E-state index contributed by atoms with van der Waals surface area (Å²) in [5.74, 6) is 0.505. The minimum absolute atomic E-state index is 0.208. The van der Waals surface area contributed by atoms with E-state index >= 15 is 0 Å².